The molecular weight excluding hydrogens is 570 g/mol. The number of morpholine rings is 1. The maximum absolute atomic E-state index is 13.1. The summed E-state index contributed by atoms with van der Waals surface area (Å²) in [5.74, 6) is 0.270. The molecule has 3 N–H and O–H groups in total. The topological polar surface area (TPSA) is 113 Å². The molecule has 6 rings (SSSR count). The number of rotatable bonds is 10. The highest BCUT2D eigenvalue weighted by molar-refractivity contribution is 6.33. The smallest absolute Gasteiger partial charge is 0.411 e. The maximum Gasteiger partial charge on any atom is 0.411 e. The number of benzene rings is 3. The van der Waals surface area contributed by atoms with E-state index < -0.39 is 6.09 Å². The minimum absolute atomic E-state index is 0.141. The number of aryl methyl sites for hydroxylation is 1. The van der Waals surface area contributed by atoms with Gasteiger partial charge in [-0.05, 0) is 43.1 Å². The number of fused-ring (bicyclic) bond motifs is 5. The molecule has 226 valence electrons. The van der Waals surface area contributed by atoms with Crippen molar-refractivity contribution in [2.24, 2.45) is 0 Å². The summed E-state index contributed by atoms with van der Waals surface area (Å²) in [4.78, 5) is 28.2. The number of anilines is 2. The number of nitrogens with zero attached hydrogens (tertiary/aromatic N) is 1. The summed E-state index contributed by atoms with van der Waals surface area (Å²) in [5, 5.41) is 15.6. The van der Waals surface area contributed by atoms with Crippen LogP contribution in [0.4, 0.5) is 16.2 Å². The number of epoxide rings is 1. The third kappa shape index (κ3) is 6.35. The summed E-state index contributed by atoms with van der Waals surface area (Å²) in [6, 6.07) is 19.7. The number of nitrogens with one attached hydrogen (secondary N) is 2. The van der Waals surface area contributed by atoms with Crippen molar-refractivity contribution in [2.75, 3.05) is 24.8 Å². The molecular formula is C33H36ClN3O6. The molecule has 0 radical (unpaired) electrons. The number of carbonyl (C=O) groups is 2. The average Bonchev–Trinajstić information content (AvgIpc) is 3.77. The highest BCUT2D eigenvalue weighted by Crippen LogP contribution is 2.48. The number of hydrogen-bond acceptors (Lipinski definition) is 7. The van der Waals surface area contributed by atoms with Crippen LogP contribution in [0.2, 0.25) is 5.02 Å². The van der Waals surface area contributed by atoms with Gasteiger partial charge in [0.25, 0.3) is 0 Å². The molecule has 10 heteroatoms. The first-order valence-electron chi connectivity index (χ1n) is 14.6. The quantitative estimate of drug-likeness (QED) is 0.257. The lowest BCUT2D eigenvalue weighted by atomic mass is 9.99. The molecule has 9 nitrogen and oxygen atoms in total. The number of hydrogen-bond donors (Lipinski definition) is 3. The summed E-state index contributed by atoms with van der Waals surface area (Å²) < 4.78 is 17.0. The number of aliphatic hydroxyl groups is 1. The third-order valence-corrected chi connectivity index (χ3v) is 9.05. The first-order chi connectivity index (χ1) is 20.8. The van der Waals surface area contributed by atoms with E-state index in [0.717, 1.165) is 29.5 Å². The van der Waals surface area contributed by atoms with Crippen LogP contribution < -0.4 is 15.4 Å². The van der Waals surface area contributed by atoms with E-state index in [1.165, 1.54) is 7.11 Å². The predicted molar refractivity (Wildman–Crippen MR) is 164 cm³/mol. The Balaban J connectivity index is 1.09. The number of ether oxygens (including phenoxy) is 3. The number of aliphatic hydroxyl groups excluding tert-OH is 1. The van der Waals surface area contributed by atoms with E-state index in [1.807, 2.05) is 48.5 Å². The number of methoxy groups -OCH3 is 1. The van der Waals surface area contributed by atoms with Gasteiger partial charge in [0.2, 0.25) is 5.91 Å². The molecule has 0 saturated carbocycles. The van der Waals surface area contributed by atoms with Crippen molar-refractivity contribution in [1.82, 2.24) is 4.90 Å². The molecule has 3 saturated heterocycles. The summed E-state index contributed by atoms with van der Waals surface area (Å²) in [6.45, 7) is -0.218. The van der Waals surface area contributed by atoms with Crippen LogP contribution in [0.25, 0.3) is 11.1 Å². The zero-order chi connectivity index (χ0) is 30.1. The van der Waals surface area contributed by atoms with Crippen LogP contribution in [0, 0.1) is 0 Å². The fraction of sp³-hybridized carbons (Fsp3) is 0.394. The molecule has 3 aromatic carbocycles. The van der Waals surface area contributed by atoms with Crippen molar-refractivity contribution in [2.45, 2.75) is 69.1 Å². The van der Waals surface area contributed by atoms with Crippen LogP contribution in [-0.4, -0.2) is 66.6 Å². The fourth-order valence-electron chi connectivity index (χ4n) is 6.48. The van der Waals surface area contributed by atoms with E-state index in [0.29, 0.717) is 52.6 Å². The van der Waals surface area contributed by atoms with Gasteiger partial charge in [0.15, 0.2) is 0 Å². The van der Waals surface area contributed by atoms with Crippen LogP contribution >= 0.6 is 11.6 Å². The van der Waals surface area contributed by atoms with Gasteiger partial charge in [0, 0.05) is 48.5 Å². The fourth-order valence-corrected chi connectivity index (χ4v) is 6.71. The van der Waals surface area contributed by atoms with Crippen LogP contribution in [0.15, 0.2) is 60.7 Å². The van der Waals surface area contributed by atoms with Crippen molar-refractivity contribution in [3.63, 3.8) is 0 Å². The Hall–Kier alpha value is -3.63. The van der Waals surface area contributed by atoms with Gasteiger partial charge in [-0.3, -0.25) is 15.0 Å². The normalized spacial score (nSPS) is 23.8. The molecule has 3 fully saturated rings. The highest BCUT2D eigenvalue weighted by Gasteiger charge is 2.62. The van der Waals surface area contributed by atoms with Crippen molar-refractivity contribution in [1.29, 1.82) is 0 Å². The molecule has 3 heterocycles. The molecule has 43 heavy (non-hydrogen) atoms. The van der Waals surface area contributed by atoms with Gasteiger partial charge in [0.05, 0.1) is 30.1 Å². The number of carbonyl (C=O) groups excluding carboxylic acids is 2. The van der Waals surface area contributed by atoms with Gasteiger partial charge in [-0.15, -0.1) is 0 Å². The number of likely N-dealkylation sites (N-methyl/N-ethyl adjacent to an activating group) is 1. The Bertz CT molecular complexity index is 1480. The van der Waals surface area contributed by atoms with E-state index in [4.69, 9.17) is 25.8 Å². The lowest BCUT2D eigenvalue weighted by molar-refractivity contribution is -0.116. The number of halogens is 1. The molecule has 2 bridgehead atoms. The minimum Gasteiger partial charge on any atom is -0.496 e. The van der Waals surface area contributed by atoms with Gasteiger partial charge in [-0.25, -0.2) is 4.79 Å². The van der Waals surface area contributed by atoms with Gasteiger partial charge in [-0.2, -0.15) is 0 Å². The number of amides is 2. The lowest BCUT2D eigenvalue weighted by Crippen LogP contribution is -2.48. The molecule has 3 aliphatic heterocycles. The van der Waals surface area contributed by atoms with Gasteiger partial charge >= 0.3 is 6.09 Å². The van der Waals surface area contributed by atoms with E-state index in [2.05, 4.69) is 22.6 Å². The van der Waals surface area contributed by atoms with Crippen LogP contribution in [-0.2, 0) is 27.3 Å². The van der Waals surface area contributed by atoms with Crippen LogP contribution in [0.3, 0.4) is 0 Å². The predicted octanol–water partition coefficient (Wildman–Crippen LogP) is 5.63. The summed E-state index contributed by atoms with van der Waals surface area (Å²) in [7, 11) is 3.62. The lowest BCUT2D eigenvalue weighted by Gasteiger charge is -2.37. The van der Waals surface area contributed by atoms with Crippen LogP contribution in [0.5, 0.6) is 5.75 Å². The molecule has 0 spiro atoms. The molecule has 3 aromatic rings. The second kappa shape index (κ2) is 12.5. The van der Waals surface area contributed by atoms with E-state index >= 15 is 0 Å². The summed E-state index contributed by atoms with van der Waals surface area (Å²) in [5.41, 5.74) is 4.51. The molecule has 5 atom stereocenters. The highest BCUT2D eigenvalue weighted by atomic mass is 35.5. The average molecular weight is 606 g/mol. The Morgan fingerprint density at radius 1 is 1.02 bits per heavy atom. The second-order valence-electron chi connectivity index (χ2n) is 11.4. The zero-order valence-electron chi connectivity index (χ0n) is 24.2. The first kappa shape index (κ1) is 29.4. The van der Waals surface area contributed by atoms with E-state index in [9.17, 15) is 14.7 Å². The Morgan fingerprint density at radius 3 is 2.47 bits per heavy atom. The SMILES string of the molecule is COc1cc(NC(=O)CCCc2ccc(-c3ccccc3)c(NC(=O)OC3C[C@H]4[C@@H]5O[C@@H]5[C@H](C3)N4C)c2)c(Cl)cc1CO. The van der Waals surface area contributed by atoms with E-state index in [-0.39, 0.29) is 37.2 Å². The van der Waals surface area contributed by atoms with Crippen molar-refractivity contribution >= 4 is 35.0 Å². The molecule has 0 aromatic heterocycles. The standard InChI is InChI=1S/C33H36ClN3O6/c1-37-27-15-22(16-28(37)32-31(27)43-32)42-33(40)36-25-13-19(11-12-23(25)20-8-4-3-5-9-20)7-6-10-30(39)35-26-17-29(41-2)21(18-38)14-24(26)34/h3-5,8-9,11-14,17,22,27-28,31-32,38H,6-7,10,15-16,18H2,1-2H3,(H,35,39)(H,36,40)/t22?,27-,28-,31-,32+/m0/s1. The van der Waals surface area contributed by atoms with Gasteiger partial charge in [-0.1, -0.05) is 54.1 Å². The monoisotopic (exact) mass is 605 g/mol. The summed E-state index contributed by atoms with van der Waals surface area (Å²) in [6.07, 6.45) is 3.01. The largest absolute Gasteiger partial charge is 0.496 e. The number of piperidine rings is 1. The molecule has 1 unspecified atom stereocenters. The van der Waals surface area contributed by atoms with E-state index in [1.54, 1.807) is 12.1 Å². The minimum atomic E-state index is -0.461. The van der Waals surface area contributed by atoms with Gasteiger partial charge in [0.1, 0.15) is 24.1 Å². The van der Waals surface area contributed by atoms with Crippen LogP contribution in [0.1, 0.15) is 36.8 Å². The first-order valence-corrected chi connectivity index (χ1v) is 15.0. The Labute approximate surface area is 256 Å². The summed E-state index contributed by atoms with van der Waals surface area (Å²) >= 11 is 6.30. The van der Waals surface area contributed by atoms with Crippen molar-refractivity contribution < 1.29 is 28.9 Å². The Kier molecular flexibility index (Phi) is 8.59. The third-order valence-electron chi connectivity index (χ3n) is 8.74. The molecule has 3 aliphatic rings. The van der Waals surface area contributed by atoms with Crippen molar-refractivity contribution in [3.05, 3.63) is 76.8 Å². The molecule has 2 amide bonds. The maximum atomic E-state index is 13.1. The second-order valence-corrected chi connectivity index (χ2v) is 11.8. The van der Waals surface area contributed by atoms with Crippen molar-refractivity contribution in [3.8, 4) is 16.9 Å². The van der Waals surface area contributed by atoms with Gasteiger partial charge < -0.3 is 24.6 Å². The zero-order valence-corrected chi connectivity index (χ0v) is 25.0. The molecule has 0 aliphatic carbocycles. The Morgan fingerprint density at radius 2 is 1.77 bits per heavy atom.